The van der Waals surface area contributed by atoms with E-state index in [0.717, 1.165) is 74.0 Å². The van der Waals surface area contributed by atoms with Crippen molar-refractivity contribution in [2.24, 2.45) is 4.99 Å². The Morgan fingerprint density at radius 3 is 2.44 bits per heavy atom. The second kappa shape index (κ2) is 13.7. The summed E-state index contributed by atoms with van der Waals surface area (Å²) in [5, 5.41) is 4.53. The fraction of sp³-hybridized carbons (Fsp3) is 0.591. The van der Waals surface area contributed by atoms with Crippen molar-refractivity contribution in [2.75, 3.05) is 57.9 Å². The molecule has 0 atom stereocenters. The van der Waals surface area contributed by atoms with Crippen molar-refractivity contribution in [2.45, 2.75) is 33.6 Å². The van der Waals surface area contributed by atoms with E-state index in [2.05, 4.69) is 48.5 Å². The minimum Gasteiger partial charge on any atom is -0.490 e. The van der Waals surface area contributed by atoms with Gasteiger partial charge in [0.25, 0.3) is 0 Å². The van der Waals surface area contributed by atoms with Gasteiger partial charge in [-0.25, -0.2) is 4.98 Å². The fourth-order valence-corrected chi connectivity index (χ4v) is 4.33. The molecule has 2 heterocycles. The summed E-state index contributed by atoms with van der Waals surface area (Å²) in [4.78, 5) is 13.7. The van der Waals surface area contributed by atoms with Crippen molar-refractivity contribution in [3.05, 3.63) is 29.6 Å². The molecule has 0 spiro atoms. The Kier molecular flexibility index (Phi) is 11.3. The summed E-state index contributed by atoms with van der Waals surface area (Å²) in [5.74, 6) is 3.49. The first-order valence-electron chi connectivity index (χ1n) is 11.1. The predicted octanol–water partition coefficient (Wildman–Crippen LogP) is 3.46. The molecule has 8 nitrogen and oxygen atoms in total. The summed E-state index contributed by atoms with van der Waals surface area (Å²) in [6.45, 7) is 11.8. The monoisotopic (exact) mass is 574 g/mol. The molecule has 0 unspecified atom stereocenters. The first-order valence-corrected chi connectivity index (χ1v) is 11.9. The summed E-state index contributed by atoms with van der Waals surface area (Å²) in [7, 11) is 1.84. The molecular formula is C22H35IN6O2S. The van der Waals surface area contributed by atoms with Gasteiger partial charge in [-0.2, -0.15) is 4.37 Å². The van der Waals surface area contributed by atoms with E-state index >= 15 is 0 Å². The number of rotatable bonds is 9. The van der Waals surface area contributed by atoms with E-state index in [-0.39, 0.29) is 24.0 Å². The third-order valence-corrected chi connectivity index (χ3v) is 5.95. The van der Waals surface area contributed by atoms with Gasteiger partial charge in [-0.1, -0.05) is 13.0 Å². The highest BCUT2D eigenvalue weighted by molar-refractivity contribution is 14.0. The summed E-state index contributed by atoms with van der Waals surface area (Å²) in [6.07, 6.45) is 1.77. The van der Waals surface area contributed by atoms with E-state index in [0.29, 0.717) is 13.2 Å². The molecule has 0 saturated carbocycles. The number of aliphatic imine (C=N–C) groups is 1. The van der Waals surface area contributed by atoms with Gasteiger partial charge in [0, 0.05) is 57.7 Å². The number of anilines is 1. The lowest BCUT2D eigenvalue weighted by Gasteiger charge is -2.36. The van der Waals surface area contributed by atoms with Crippen LogP contribution in [0, 0.1) is 0 Å². The summed E-state index contributed by atoms with van der Waals surface area (Å²) in [5.41, 5.74) is 1.21. The van der Waals surface area contributed by atoms with E-state index in [1.807, 2.05) is 27.0 Å². The molecule has 0 radical (unpaired) electrons. The van der Waals surface area contributed by atoms with E-state index in [9.17, 15) is 0 Å². The number of guanidine groups is 1. The van der Waals surface area contributed by atoms with Gasteiger partial charge in [0.15, 0.2) is 17.5 Å². The van der Waals surface area contributed by atoms with Crippen LogP contribution in [0.4, 0.5) is 5.13 Å². The lowest BCUT2D eigenvalue weighted by atomic mass is 10.1. The third kappa shape index (κ3) is 7.09. The first kappa shape index (κ1) is 26.4. The molecule has 3 rings (SSSR count). The molecular weight excluding hydrogens is 539 g/mol. The molecule has 32 heavy (non-hydrogen) atoms. The largest absolute Gasteiger partial charge is 0.490 e. The van der Waals surface area contributed by atoms with Crippen LogP contribution in [0.3, 0.4) is 0 Å². The van der Waals surface area contributed by atoms with Gasteiger partial charge in [0.05, 0.1) is 13.2 Å². The normalized spacial score (nSPS) is 14.2. The molecule has 0 aliphatic carbocycles. The standard InChI is InChI=1S/C22H34N6O2S.HI/c1-5-20-25-22(31-26-20)28-14-12-27(13-15-28)21(23-4)24-11-10-17-8-9-18(29-6-2)19(16-17)30-7-3;/h8-9,16H,5-7,10-15H2,1-4H3,(H,23,24);1H. The maximum atomic E-state index is 5.74. The van der Waals surface area contributed by atoms with Gasteiger partial charge in [0.1, 0.15) is 5.82 Å². The van der Waals surface area contributed by atoms with E-state index in [1.165, 1.54) is 17.1 Å². The minimum absolute atomic E-state index is 0. The predicted molar refractivity (Wildman–Crippen MR) is 142 cm³/mol. The van der Waals surface area contributed by atoms with Crippen molar-refractivity contribution in [1.29, 1.82) is 0 Å². The number of hydrogen-bond acceptors (Lipinski definition) is 7. The number of aromatic nitrogens is 2. The second-order valence-corrected chi connectivity index (χ2v) is 7.92. The van der Waals surface area contributed by atoms with Gasteiger partial charge in [-0.3, -0.25) is 4.99 Å². The number of benzene rings is 1. The van der Waals surface area contributed by atoms with E-state index < -0.39 is 0 Å². The quantitative estimate of drug-likeness (QED) is 0.280. The van der Waals surface area contributed by atoms with Gasteiger partial charge < -0.3 is 24.6 Å². The molecule has 178 valence electrons. The van der Waals surface area contributed by atoms with Crippen molar-refractivity contribution in [3.8, 4) is 11.5 Å². The number of ether oxygens (including phenoxy) is 2. The zero-order chi connectivity index (χ0) is 22.1. The Labute approximate surface area is 212 Å². The van der Waals surface area contributed by atoms with Gasteiger partial charge >= 0.3 is 0 Å². The average molecular weight is 575 g/mol. The van der Waals surface area contributed by atoms with Crippen molar-refractivity contribution >= 4 is 46.6 Å². The van der Waals surface area contributed by atoms with Gasteiger partial charge in [-0.05, 0) is 38.0 Å². The smallest absolute Gasteiger partial charge is 0.205 e. The van der Waals surface area contributed by atoms with Crippen LogP contribution in [0.5, 0.6) is 11.5 Å². The fourth-order valence-electron chi connectivity index (χ4n) is 3.53. The Balaban J connectivity index is 0.00000363. The van der Waals surface area contributed by atoms with Gasteiger partial charge in [0.2, 0.25) is 5.13 Å². The lowest BCUT2D eigenvalue weighted by Crippen LogP contribution is -2.52. The molecule has 1 aromatic carbocycles. The highest BCUT2D eigenvalue weighted by Crippen LogP contribution is 2.28. The highest BCUT2D eigenvalue weighted by Gasteiger charge is 2.22. The molecule has 1 fully saturated rings. The molecule has 1 aliphatic rings. The SMILES string of the molecule is CCOc1ccc(CCNC(=NC)N2CCN(c3nc(CC)ns3)CC2)cc1OCC.I. The highest BCUT2D eigenvalue weighted by atomic mass is 127. The van der Waals surface area contributed by atoms with E-state index in [4.69, 9.17) is 9.47 Å². The number of nitrogens with one attached hydrogen (secondary N) is 1. The van der Waals surface area contributed by atoms with Crippen LogP contribution in [-0.4, -0.2) is 73.2 Å². The van der Waals surface area contributed by atoms with Crippen LogP contribution in [0.2, 0.25) is 0 Å². The summed E-state index contributed by atoms with van der Waals surface area (Å²) < 4.78 is 15.8. The zero-order valence-corrected chi connectivity index (χ0v) is 22.6. The topological polar surface area (TPSA) is 75.1 Å². The molecule has 0 amide bonds. The Morgan fingerprint density at radius 1 is 1.09 bits per heavy atom. The van der Waals surface area contributed by atoms with Crippen LogP contribution < -0.4 is 19.7 Å². The Morgan fingerprint density at radius 2 is 1.81 bits per heavy atom. The van der Waals surface area contributed by atoms with Crippen molar-refractivity contribution in [3.63, 3.8) is 0 Å². The Bertz CT molecular complexity index is 855. The van der Waals surface area contributed by atoms with Gasteiger partial charge in [-0.15, -0.1) is 24.0 Å². The number of hydrogen-bond donors (Lipinski definition) is 1. The minimum atomic E-state index is 0. The number of halogens is 1. The number of nitrogens with zero attached hydrogens (tertiary/aromatic N) is 5. The van der Waals surface area contributed by atoms with Crippen LogP contribution in [0.1, 0.15) is 32.2 Å². The molecule has 2 aromatic rings. The zero-order valence-electron chi connectivity index (χ0n) is 19.5. The molecule has 1 aromatic heterocycles. The maximum Gasteiger partial charge on any atom is 0.205 e. The summed E-state index contributed by atoms with van der Waals surface area (Å²) in [6, 6.07) is 6.17. The molecule has 1 saturated heterocycles. The average Bonchev–Trinajstić information content (AvgIpc) is 3.28. The number of piperazine rings is 1. The van der Waals surface area contributed by atoms with Crippen LogP contribution in [0.15, 0.2) is 23.2 Å². The van der Waals surface area contributed by atoms with Crippen molar-refractivity contribution in [1.82, 2.24) is 19.6 Å². The summed E-state index contributed by atoms with van der Waals surface area (Å²) >= 11 is 1.50. The second-order valence-electron chi connectivity index (χ2n) is 7.19. The molecule has 0 bridgehead atoms. The number of aryl methyl sites for hydroxylation is 1. The van der Waals surface area contributed by atoms with Crippen LogP contribution in [-0.2, 0) is 12.8 Å². The first-order chi connectivity index (χ1) is 15.2. The maximum absolute atomic E-state index is 5.74. The van der Waals surface area contributed by atoms with Crippen molar-refractivity contribution < 1.29 is 9.47 Å². The Hall–Kier alpha value is -1.82. The van der Waals surface area contributed by atoms with Crippen LogP contribution in [0.25, 0.3) is 0 Å². The third-order valence-electron chi connectivity index (χ3n) is 5.14. The lowest BCUT2D eigenvalue weighted by molar-refractivity contribution is 0.287. The molecule has 10 heteroatoms. The van der Waals surface area contributed by atoms with E-state index in [1.54, 1.807) is 0 Å². The molecule has 1 aliphatic heterocycles. The van der Waals surface area contributed by atoms with Crippen LogP contribution >= 0.6 is 35.5 Å². The molecule has 1 N–H and O–H groups in total.